The molecule has 2 unspecified atom stereocenters. The SMILES string of the molecule is COc1cc2snnc2cc1CNC1CCCNC1c1ccccc1. The molecule has 1 saturated heterocycles. The quantitative estimate of drug-likeness (QED) is 0.736. The predicted octanol–water partition coefficient (Wildman–Crippen LogP) is 3.28. The van der Waals surface area contributed by atoms with Gasteiger partial charge in [0.1, 0.15) is 11.3 Å². The van der Waals surface area contributed by atoms with Gasteiger partial charge in [-0.15, -0.1) is 5.10 Å². The third-order valence-corrected chi connectivity index (χ3v) is 5.51. The molecule has 0 radical (unpaired) electrons. The number of hydrogen-bond acceptors (Lipinski definition) is 6. The van der Waals surface area contributed by atoms with E-state index in [0.29, 0.717) is 12.1 Å². The van der Waals surface area contributed by atoms with Crippen LogP contribution in [0.5, 0.6) is 5.75 Å². The number of hydrogen-bond donors (Lipinski definition) is 2. The minimum Gasteiger partial charge on any atom is -0.496 e. The lowest BCUT2D eigenvalue weighted by Gasteiger charge is -2.34. The summed E-state index contributed by atoms with van der Waals surface area (Å²) >= 11 is 1.40. The molecular formula is C19H22N4OS. The summed E-state index contributed by atoms with van der Waals surface area (Å²) in [7, 11) is 1.72. The zero-order valence-electron chi connectivity index (χ0n) is 14.2. The number of piperidine rings is 1. The summed E-state index contributed by atoms with van der Waals surface area (Å²) < 4.78 is 10.7. The van der Waals surface area contributed by atoms with E-state index in [4.69, 9.17) is 4.74 Å². The minimum atomic E-state index is 0.339. The highest BCUT2D eigenvalue weighted by Gasteiger charge is 2.25. The van der Waals surface area contributed by atoms with E-state index in [2.05, 4.69) is 56.6 Å². The summed E-state index contributed by atoms with van der Waals surface area (Å²) in [6.07, 6.45) is 2.35. The average molecular weight is 354 g/mol. The van der Waals surface area contributed by atoms with Gasteiger partial charge in [-0.3, -0.25) is 0 Å². The molecule has 2 aromatic carbocycles. The maximum atomic E-state index is 5.57. The molecule has 1 aromatic heterocycles. The van der Waals surface area contributed by atoms with Gasteiger partial charge in [-0.1, -0.05) is 34.8 Å². The molecule has 0 saturated carbocycles. The highest BCUT2D eigenvalue weighted by atomic mass is 32.1. The van der Waals surface area contributed by atoms with Crippen LogP contribution < -0.4 is 15.4 Å². The Balaban J connectivity index is 1.53. The largest absolute Gasteiger partial charge is 0.496 e. The first-order chi connectivity index (χ1) is 12.3. The zero-order valence-corrected chi connectivity index (χ0v) is 15.1. The van der Waals surface area contributed by atoms with Gasteiger partial charge >= 0.3 is 0 Å². The fourth-order valence-corrected chi connectivity index (χ4v) is 4.11. The van der Waals surface area contributed by atoms with Crippen molar-refractivity contribution in [2.45, 2.75) is 31.5 Å². The number of aromatic nitrogens is 2. The van der Waals surface area contributed by atoms with Gasteiger partial charge in [0.05, 0.1) is 11.8 Å². The van der Waals surface area contributed by atoms with Crippen molar-refractivity contribution in [2.24, 2.45) is 0 Å². The van der Waals surface area contributed by atoms with E-state index in [1.165, 1.54) is 23.5 Å². The van der Waals surface area contributed by atoms with E-state index in [9.17, 15) is 0 Å². The highest BCUT2D eigenvalue weighted by Crippen LogP contribution is 2.28. The molecule has 1 fully saturated rings. The number of rotatable bonds is 5. The standard InChI is InChI=1S/C19H22N4OS/c1-24-17-11-18-16(22-23-25-18)10-14(17)12-21-15-8-5-9-20-19(15)13-6-3-2-4-7-13/h2-4,6-7,10-11,15,19-21H,5,8-9,12H2,1H3. The fraction of sp³-hybridized carbons (Fsp3) is 0.368. The van der Waals surface area contributed by atoms with Crippen LogP contribution in [-0.4, -0.2) is 29.3 Å². The van der Waals surface area contributed by atoms with Crippen LogP contribution in [0.4, 0.5) is 0 Å². The second-order valence-electron chi connectivity index (χ2n) is 6.38. The van der Waals surface area contributed by atoms with E-state index in [1.807, 2.05) is 6.07 Å². The lowest BCUT2D eigenvalue weighted by atomic mass is 9.92. The van der Waals surface area contributed by atoms with Crippen LogP contribution in [0.2, 0.25) is 0 Å². The van der Waals surface area contributed by atoms with Crippen molar-refractivity contribution in [3.63, 3.8) is 0 Å². The summed E-state index contributed by atoms with van der Waals surface area (Å²) in [6, 6.07) is 15.5. The van der Waals surface area contributed by atoms with Gasteiger partial charge in [-0.2, -0.15) is 0 Å². The molecule has 4 rings (SSSR count). The third kappa shape index (κ3) is 3.51. The summed E-state index contributed by atoms with van der Waals surface area (Å²) in [5, 5.41) is 11.6. The molecule has 130 valence electrons. The first-order valence-electron chi connectivity index (χ1n) is 8.66. The van der Waals surface area contributed by atoms with E-state index in [1.54, 1.807) is 7.11 Å². The van der Waals surface area contributed by atoms with E-state index >= 15 is 0 Å². The summed E-state index contributed by atoms with van der Waals surface area (Å²) in [4.78, 5) is 0. The molecule has 1 aliphatic rings. The zero-order chi connectivity index (χ0) is 17.1. The minimum absolute atomic E-state index is 0.339. The topological polar surface area (TPSA) is 59.1 Å². The molecule has 0 bridgehead atoms. The first-order valence-corrected chi connectivity index (χ1v) is 9.43. The Hall–Kier alpha value is -2.02. The van der Waals surface area contributed by atoms with Crippen molar-refractivity contribution >= 4 is 21.7 Å². The predicted molar refractivity (Wildman–Crippen MR) is 101 cm³/mol. The summed E-state index contributed by atoms with van der Waals surface area (Å²) in [6.45, 7) is 1.82. The lowest BCUT2D eigenvalue weighted by Crippen LogP contribution is -2.45. The molecular weight excluding hydrogens is 332 g/mol. The maximum absolute atomic E-state index is 5.57. The van der Waals surface area contributed by atoms with Gasteiger partial charge in [0.2, 0.25) is 0 Å². The lowest BCUT2D eigenvalue weighted by molar-refractivity contribution is 0.303. The Bertz CT molecular complexity index is 836. The number of nitrogens with zero attached hydrogens (tertiary/aromatic N) is 2. The fourth-order valence-electron chi connectivity index (χ4n) is 3.54. The van der Waals surface area contributed by atoms with Crippen LogP contribution in [0, 0.1) is 0 Å². The molecule has 3 aromatic rings. The van der Waals surface area contributed by atoms with Crippen molar-refractivity contribution < 1.29 is 4.74 Å². The second-order valence-corrected chi connectivity index (χ2v) is 7.16. The van der Waals surface area contributed by atoms with Gasteiger partial charge in [-0.25, -0.2) is 0 Å². The van der Waals surface area contributed by atoms with Gasteiger partial charge in [0, 0.05) is 30.3 Å². The van der Waals surface area contributed by atoms with Gasteiger partial charge in [0.25, 0.3) is 0 Å². The van der Waals surface area contributed by atoms with Crippen molar-refractivity contribution in [3.05, 3.63) is 53.6 Å². The van der Waals surface area contributed by atoms with Crippen molar-refractivity contribution in [2.75, 3.05) is 13.7 Å². The van der Waals surface area contributed by atoms with Crippen LogP contribution in [0.15, 0.2) is 42.5 Å². The molecule has 0 amide bonds. The highest BCUT2D eigenvalue weighted by molar-refractivity contribution is 7.12. The second kappa shape index (κ2) is 7.47. The molecule has 6 heteroatoms. The van der Waals surface area contributed by atoms with Crippen molar-refractivity contribution in [1.82, 2.24) is 20.2 Å². The maximum Gasteiger partial charge on any atom is 0.124 e. The number of benzene rings is 2. The molecule has 0 aliphatic carbocycles. The van der Waals surface area contributed by atoms with Crippen LogP contribution in [0.3, 0.4) is 0 Å². The first kappa shape index (κ1) is 16.4. The number of methoxy groups -OCH3 is 1. The van der Waals surface area contributed by atoms with Gasteiger partial charge in [0.15, 0.2) is 0 Å². The third-order valence-electron chi connectivity index (χ3n) is 4.82. The Kier molecular flexibility index (Phi) is 4.92. The Morgan fingerprint density at radius 3 is 3.00 bits per heavy atom. The Labute approximate surface area is 151 Å². The average Bonchev–Trinajstić information content (AvgIpc) is 3.13. The van der Waals surface area contributed by atoms with Crippen LogP contribution in [-0.2, 0) is 6.54 Å². The summed E-state index contributed by atoms with van der Waals surface area (Å²) in [5.41, 5.74) is 3.40. The molecule has 0 spiro atoms. The van der Waals surface area contributed by atoms with Crippen LogP contribution >= 0.6 is 11.5 Å². The smallest absolute Gasteiger partial charge is 0.124 e. The normalized spacial score (nSPS) is 20.7. The van der Waals surface area contributed by atoms with Crippen LogP contribution in [0.1, 0.15) is 30.0 Å². The Morgan fingerprint density at radius 2 is 2.16 bits per heavy atom. The molecule has 2 heterocycles. The van der Waals surface area contributed by atoms with Gasteiger partial charge in [-0.05, 0) is 42.5 Å². The number of fused-ring (bicyclic) bond motifs is 1. The molecule has 2 atom stereocenters. The van der Waals surface area contributed by atoms with Crippen molar-refractivity contribution in [3.8, 4) is 5.75 Å². The molecule has 2 N–H and O–H groups in total. The number of ether oxygens (including phenoxy) is 1. The summed E-state index contributed by atoms with van der Waals surface area (Å²) in [5.74, 6) is 0.895. The van der Waals surface area contributed by atoms with E-state index in [0.717, 1.165) is 41.0 Å². The van der Waals surface area contributed by atoms with Gasteiger partial charge < -0.3 is 15.4 Å². The number of nitrogens with one attached hydrogen (secondary N) is 2. The molecule has 1 aliphatic heterocycles. The van der Waals surface area contributed by atoms with E-state index in [-0.39, 0.29) is 0 Å². The Morgan fingerprint density at radius 1 is 1.28 bits per heavy atom. The van der Waals surface area contributed by atoms with Crippen LogP contribution in [0.25, 0.3) is 10.2 Å². The van der Waals surface area contributed by atoms with Crippen molar-refractivity contribution in [1.29, 1.82) is 0 Å². The van der Waals surface area contributed by atoms with E-state index < -0.39 is 0 Å². The monoisotopic (exact) mass is 354 g/mol. The molecule has 25 heavy (non-hydrogen) atoms. The molecule has 5 nitrogen and oxygen atoms in total.